The maximum atomic E-state index is 10.7. The molecular formula is C29H48N2O2. The van der Waals surface area contributed by atoms with Gasteiger partial charge in [0.15, 0.2) is 0 Å². The first kappa shape index (κ1) is 25.1. The third kappa shape index (κ3) is 4.63. The van der Waals surface area contributed by atoms with Crippen LogP contribution in [0.25, 0.3) is 0 Å². The molecule has 3 aliphatic rings. The lowest BCUT2D eigenvalue weighted by molar-refractivity contribution is -0.0902. The van der Waals surface area contributed by atoms with Gasteiger partial charge in [-0.05, 0) is 104 Å². The van der Waals surface area contributed by atoms with E-state index in [-0.39, 0.29) is 24.5 Å². The standard InChI is InChI=1S/C29H48N2O2/c1-19(2)8-6-7-9-22-10-11-25-24(18-33)26(12-13-28(22,25)4)29(5)15-21-16-30-20(3)31-27(21)14-23(29)17-32/h16,19,22-26,32-33H,6-15,17-18H2,1-5H3/t22-,23+,24-,25-,26-,28+,29-/m0/s1. The van der Waals surface area contributed by atoms with Crippen LogP contribution in [0.2, 0.25) is 0 Å². The summed E-state index contributed by atoms with van der Waals surface area (Å²) in [6, 6.07) is 0. The SMILES string of the molecule is Cc1ncc2c(n1)C[C@H](CO)[C@@](C)([C@H]1CC[C@]3(C)[C@@H](CCCCC(C)C)CC[C@H]3[C@@H]1CO)C2. The van der Waals surface area contributed by atoms with Gasteiger partial charge in [-0.2, -0.15) is 0 Å². The third-order valence-electron chi connectivity index (χ3n) is 10.5. The van der Waals surface area contributed by atoms with Gasteiger partial charge < -0.3 is 10.2 Å². The van der Waals surface area contributed by atoms with Crippen LogP contribution >= 0.6 is 0 Å². The molecule has 1 aromatic rings. The van der Waals surface area contributed by atoms with E-state index in [0.29, 0.717) is 23.2 Å². The Labute approximate surface area is 202 Å². The Morgan fingerprint density at radius 3 is 2.45 bits per heavy atom. The van der Waals surface area contributed by atoms with Gasteiger partial charge in [0.2, 0.25) is 0 Å². The minimum absolute atomic E-state index is 0.00948. The van der Waals surface area contributed by atoms with Gasteiger partial charge in [-0.25, -0.2) is 9.97 Å². The fourth-order valence-electron chi connectivity index (χ4n) is 8.48. The van der Waals surface area contributed by atoms with Crippen molar-refractivity contribution in [2.75, 3.05) is 13.2 Å². The first-order valence-electron chi connectivity index (χ1n) is 13.8. The minimum Gasteiger partial charge on any atom is -0.396 e. The molecule has 0 aromatic carbocycles. The Balaban J connectivity index is 1.53. The predicted molar refractivity (Wildman–Crippen MR) is 134 cm³/mol. The summed E-state index contributed by atoms with van der Waals surface area (Å²) in [5.41, 5.74) is 2.75. The van der Waals surface area contributed by atoms with Gasteiger partial charge in [-0.3, -0.25) is 0 Å². The van der Waals surface area contributed by atoms with Crippen LogP contribution in [0.15, 0.2) is 6.20 Å². The van der Waals surface area contributed by atoms with E-state index in [1.54, 1.807) is 0 Å². The van der Waals surface area contributed by atoms with Gasteiger partial charge in [-0.15, -0.1) is 0 Å². The zero-order valence-corrected chi connectivity index (χ0v) is 21.8. The van der Waals surface area contributed by atoms with Crippen molar-refractivity contribution in [1.29, 1.82) is 0 Å². The molecule has 0 radical (unpaired) electrons. The van der Waals surface area contributed by atoms with Crippen molar-refractivity contribution in [2.45, 2.75) is 98.8 Å². The highest BCUT2D eigenvalue weighted by Gasteiger charge is 2.58. The Bertz CT molecular complexity index is 811. The number of rotatable bonds is 8. The van der Waals surface area contributed by atoms with Crippen LogP contribution in [0.4, 0.5) is 0 Å². The molecule has 4 rings (SSSR count). The summed E-state index contributed by atoms with van der Waals surface area (Å²) in [5.74, 6) is 4.05. The second kappa shape index (κ2) is 9.93. The molecule has 0 bridgehead atoms. The van der Waals surface area contributed by atoms with Crippen molar-refractivity contribution in [3.05, 3.63) is 23.3 Å². The topological polar surface area (TPSA) is 66.2 Å². The van der Waals surface area contributed by atoms with E-state index >= 15 is 0 Å². The van der Waals surface area contributed by atoms with E-state index in [9.17, 15) is 10.2 Å². The summed E-state index contributed by atoms with van der Waals surface area (Å²) < 4.78 is 0. The van der Waals surface area contributed by atoms with Gasteiger partial charge in [0.1, 0.15) is 5.82 Å². The van der Waals surface area contributed by atoms with E-state index in [1.807, 2.05) is 13.1 Å². The molecule has 0 aliphatic heterocycles. The molecule has 7 atom stereocenters. The number of fused-ring (bicyclic) bond motifs is 2. The molecule has 1 aromatic heterocycles. The molecule has 0 saturated heterocycles. The lowest BCUT2D eigenvalue weighted by Gasteiger charge is -2.56. The molecular weight excluding hydrogens is 408 g/mol. The highest BCUT2D eigenvalue weighted by molar-refractivity contribution is 5.25. The lowest BCUT2D eigenvalue weighted by atomic mass is 9.49. The quantitative estimate of drug-likeness (QED) is 0.488. The molecule has 0 spiro atoms. The molecule has 2 saturated carbocycles. The van der Waals surface area contributed by atoms with Gasteiger partial charge in [0.25, 0.3) is 0 Å². The highest BCUT2D eigenvalue weighted by atomic mass is 16.3. The van der Waals surface area contributed by atoms with Gasteiger partial charge >= 0.3 is 0 Å². The van der Waals surface area contributed by atoms with Gasteiger partial charge in [0, 0.05) is 25.1 Å². The molecule has 2 N–H and O–H groups in total. The van der Waals surface area contributed by atoms with E-state index in [1.165, 1.54) is 56.9 Å². The van der Waals surface area contributed by atoms with Crippen molar-refractivity contribution in [3.63, 3.8) is 0 Å². The van der Waals surface area contributed by atoms with Crippen LogP contribution in [0.1, 0.15) is 96.1 Å². The fourth-order valence-corrected chi connectivity index (χ4v) is 8.48. The van der Waals surface area contributed by atoms with Crippen molar-refractivity contribution in [2.24, 2.45) is 46.3 Å². The predicted octanol–water partition coefficient (Wildman–Crippen LogP) is 5.77. The Kier molecular flexibility index (Phi) is 7.56. The van der Waals surface area contributed by atoms with Crippen LogP contribution in [0.5, 0.6) is 0 Å². The number of aliphatic hydroxyl groups is 2. The third-order valence-corrected chi connectivity index (χ3v) is 10.5. The summed E-state index contributed by atoms with van der Waals surface area (Å²) in [7, 11) is 0. The lowest BCUT2D eigenvalue weighted by Crippen LogP contribution is -2.53. The molecule has 0 amide bonds. The second-order valence-electron chi connectivity index (χ2n) is 12.7. The zero-order chi connectivity index (χ0) is 23.8. The minimum atomic E-state index is -0.00948. The van der Waals surface area contributed by atoms with Crippen molar-refractivity contribution >= 4 is 0 Å². The Morgan fingerprint density at radius 1 is 1.00 bits per heavy atom. The van der Waals surface area contributed by atoms with E-state index in [0.717, 1.165) is 36.2 Å². The number of aromatic nitrogens is 2. The molecule has 0 unspecified atom stereocenters. The van der Waals surface area contributed by atoms with E-state index in [2.05, 4.69) is 32.7 Å². The molecule has 4 nitrogen and oxygen atoms in total. The first-order chi connectivity index (χ1) is 15.7. The maximum Gasteiger partial charge on any atom is 0.125 e. The Morgan fingerprint density at radius 2 is 1.76 bits per heavy atom. The van der Waals surface area contributed by atoms with Crippen LogP contribution in [-0.4, -0.2) is 33.4 Å². The van der Waals surface area contributed by atoms with Crippen LogP contribution in [0, 0.1) is 53.3 Å². The molecule has 2 fully saturated rings. The average molecular weight is 457 g/mol. The van der Waals surface area contributed by atoms with Gasteiger partial charge in [0.05, 0.1) is 0 Å². The molecule has 4 heteroatoms. The van der Waals surface area contributed by atoms with Crippen molar-refractivity contribution < 1.29 is 10.2 Å². The second-order valence-corrected chi connectivity index (χ2v) is 12.7. The number of nitrogens with zero attached hydrogens (tertiary/aromatic N) is 2. The van der Waals surface area contributed by atoms with Crippen LogP contribution in [0.3, 0.4) is 0 Å². The van der Waals surface area contributed by atoms with Crippen LogP contribution < -0.4 is 0 Å². The number of aryl methyl sites for hydroxylation is 1. The normalized spacial score (nSPS) is 38.4. The molecule has 33 heavy (non-hydrogen) atoms. The summed E-state index contributed by atoms with van der Waals surface area (Å²) in [5, 5.41) is 21.2. The number of hydrogen-bond donors (Lipinski definition) is 2. The summed E-state index contributed by atoms with van der Waals surface area (Å²) in [6.45, 7) is 12.0. The Hall–Kier alpha value is -1.00. The van der Waals surface area contributed by atoms with E-state index < -0.39 is 0 Å². The number of aliphatic hydroxyl groups excluding tert-OH is 2. The smallest absolute Gasteiger partial charge is 0.125 e. The van der Waals surface area contributed by atoms with Gasteiger partial charge in [-0.1, -0.05) is 47.0 Å². The maximum absolute atomic E-state index is 10.7. The average Bonchev–Trinajstić information content (AvgIpc) is 3.11. The monoisotopic (exact) mass is 456 g/mol. The van der Waals surface area contributed by atoms with Crippen LogP contribution in [-0.2, 0) is 12.8 Å². The zero-order valence-electron chi connectivity index (χ0n) is 21.8. The largest absolute Gasteiger partial charge is 0.396 e. The molecule has 1 heterocycles. The summed E-state index contributed by atoms with van der Waals surface area (Å²) in [4.78, 5) is 9.20. The fraction of sp³-hybridized carbons (Fsp3) is 0.862. The van der Waals surface area contributed by atoms with E-state index in [4.69, 9.17) is 4.98 Å². The van der Waals surface area contributed by atoms with Crippen molar-refractivity contribution in [3.8, 4) is 0 Å². The summed E-state index contributed by atoms with van der Waals surface area (Å²) >= 11 is 0. The number of unbranched alkanes of at least 4 members (excludes halogenated alkanes) is 1. The van der Waals surface area contributed by atoms with Crippen molar-refractivity contribution in [1.82, 2.24) is 9.97 Å². The highest BCUT2D eigenvalue weighted by Crippen LogP contribution is 2.64. The first-order valence-corrected chi connectivity index (χ1v) is 13.8. The number of hydrogen-bond acceptors (Lipinski definition) is 4. The molecule has 186 valence electrons. The molecule has 3 aliphatic carbocycles. The summed E-state index contributed by atoms with van der Waals surface area (Å²) in [6.07, 6.45) is 14.3.